The van der Waals surface area contributed by atoms with E-state index in [0.717, 1.165) is 0 Å². The summed E-state index contributed by atoms with van der Waals surface area (Å²) in [6, 6.07) is 10.4. The molecule has 0 saturated carbocycles. The van der Waals surface area contributed by atoms with Crippen molar-refractivity contribution in [2.75, 3.05) is 12.4 Å². The lowest BCUT2D eigenvalue weighted by molar-refractivity contribution is 0.104. The van der Waals surface area contributed by atoms with Gasteiger partial charge >= 0.3 is 0 Å². The number of rotatable bonds is 5. The molecule has 20 heavy (non-hydrogen) atoms. The molecule has 0 amide bonds. The van der Waals surface area contributed by atoms with Gasteiger partial charge in [0, 0.05) is 24.0 Å². The Morgan fingerprint density at radius 2 is 2.00 bits per heavy atom. The van der Waals surface area contributed by atoms with Gasteiger partial charge in [-0.1, -0.05) is 11.6 Å². The number of hydrogen-bond donors (Lipinski definition) is 1. The van der Waals surface area contributed by atoms with Crippen molar-refractivity contribution in [3.05, 3.63) is 65.5 Å². The molecule has 0 aliphatic rings. The van der Waals surface area contributed by atoms with Gasteiger partial charge in [-0.3, -0.25) is 4.79 Å². The maximum atomic E-state index is 11.9. The van der Waals surface area contributed by atoms with Gasteiger partial charge in [-0.25, -0.2) is 4.98 Å². The summed E-state index contributed by atoms with van der Waals surface area (Å²) in [4.78, 5) is 15.9. The molecule has 1 heterocycles. The molecule has 1 aromatic carbocycles. The number of allylic oxidation sites excluding steroid dienone is 1. The first-order chi connectivity index (χ1) is 9.69. The Kier molecular flexibility index (Phi) is 4.74. The van der Waals surface area contributed by atoms with Crippen molar-refractivity contribution in [2.24, 2.45) is 0 Å². The summed E-state index contributed by atoms with van der Waals surface area (Å²) in [6.45, 7) is 0. The van der Waals surface area contributed by atoms with Crippen molar-refractivity contribution in [3.63, 3.8) is 0 Å². The molecule has 5 heteroatoms. The van der Waals surface area contributed by atoms with E-state index in [4.69, 9.17) is 16.3 Å². The fourth-order valence-corrected chi connectivity index (χ4v) is 1.63. The topological polar surface area (TPSA) is 51.2 Å². The molecule has 0 fully saturated rings. The molecule has 1 aromatic heterocycles. The van der Waals surface area contributed by atoms with Gasteiger partial charge in [0.05, 0.1) is 12.1 Å². The maximum Gasteiger partial charge on any atom is 0.187 e. The van der Waals surface area contributed by atoms with E-state index < -0.39 is 0 Å². The molecular formula is C15H13ClN2O2. The summed E-state index contributed by atoms with van der Waals surface area (Å²) in [5.74, 6) is 1.23. The first-order valence-electron chi connectivity index (χ1n) is 5.92. The zero-order valence-corrected chi connectivity index (χ0v) is 11.6. The van der Waals surface area contributed by atoms with Gasteiger partial charge in [-0.15, -0.1) is 0 Å². The highest BCUT2D eigenvalue weighted by atomic mass is 35.5. The average molecular weight is 289 g/mol. The van der Waals surface area contributed by atoms with E-state index in [1.165, 1.54) is 12.3 Å². The zero-order chi connectivity index (χ0) is 14.4. The normalized spacial score (nSPS) is 10.5. The van der Waals surface area contributed by atoms with Crippen molar-refractivity contribution in [1.29, 1.82) is 0 Å². The van der Waals surface area contributed by atoms with E-state index in [-0.39, 0.29) is 5.78 Å². The number of carbonyl (C=O) groups is 1. The van der Waals surface area contributed by atoms with Gasteiger partial charge < -0.3 is 10.1 Å². The van der Waals surface area contributed by atoms with Crippen LogP contribution in [0.15, 0.2) is 54.9 Å². The van der Waals surface area contributed by atoms with Crippen LogP contribution in [0.5, 0.6) is 5.75 Å². The van der Waals surface area contributed by atoms with Gasteiger partial charge in [0.15, 0.2) is 5.78 Å². The highest BCUT2D eigenvalue weighted by Crippen LogP contribution is 2.12. The fraction of sp³-hybridized carbons (Fsp3) is 0.0667. The number of carbonyl (C=O) groups excluding carboxylic acids is 1. The quantitative estimate of drug-likeness (QED) is 0.675. The third kappa shape index (κ3) is 3.83. The molecule has 0 aliphatic carbocycles. The van der Waals surface area contributed by atoms with Crippen LogP contribution in [0.4, 0.5) is 5.82 Å². The Morgan fingerprint density at radius 1 is 1.25 bits per heavy atom. The molecule has 4 nitrogen and oxygen atoms in total. The molecule has 0 aliphatic heterocycles. The van der Waals surface area contributed by atoms with Crippen molar-refractivity contribution in [2.45, 2.75) is 0 Å². The molecule has 1 N–H and O–H groups in total. The Hall–Kier alpha value is -2.33. The van der Waals surface area contributed by atoms with Crippen molar-refractivity contribution >= 4 is 23.2 Å². The summed E-state index contributed by atoms with van der Waals surface area (Å²) >= 11 is 5.73. The van der Waals surface area contributed by atoms with E-state index in [1.54, 1.807) is 49.7 Å². The standard InChI is InChI=1S/C15H13ClN2O2/c1-20-13-5-2-11(3-6-13)14(19)8-9-17-15-7-4-12(16)10-18-15/h2-10H,1H3,(H,17,18)/b9-8-. The van der Waals surface area contributed by atoms with Crippen LogP contribution in [0.3, 0.4) is 0 Å². The van der Waals surface area contributed by atoms with Crippen LogP contribution >= 0.6 is 11.6 Å². The van der Waals surface area contributed by atoms with Crippen LogP contribution in [-0.2, 0) is 0 Å². The van der Waals surface area contributed by atoms with E-state index in [1.807, 2.05) is 0 Å². The largest absolute Gasteiger partial charge is 0.497 e. The van der Waals surface area contributed by atoms with E-state index in [9.17, 15) is 4.79 Å². The van der Waals surface area contributed by atoms with Crippen LogP contribution in [0.25, 0.3) is 0 Å². The molecular weight excluding hydrogens is 276 g/mol. The first-order valence-corrected chi connectivity index (χ1v) is 6.30. The minimum absolute atomic E-state index is 0.103. The molecule has 0 radical (unpaired) electrons. The molecule has 0 bridgehead atoms. The average Bonchev–Trinajstić information content (AvgIpc) is 2.49. The number of hydrogen-bond acceptors (Lipinski definition) is 4. The smallest absolute Gasteiger partial charge is 0.187 e. The lowest BCUT2D eigenvalue weighted by Crippen LogP contribution is -1.97. The third-order valence-corrected chi connectivity index (χ3v) is 2.79. The van der Waals surface area contributed by atoms with Crippen LogP contribution < -0.4 is 10.1 Å². The predicted molar refractivity (Wildman–Crippen MR) is 79.3 cm³/mol. The summed E-state index contributed by atoms with van der Waals surface area (Å²) in [6.07, 6.45) is 4.52. The molecule has 0 unspecified atom stereocenters. The number of nitrogens with one attached hydrogen (secondary N) is 1. The van der Waals surface area contributed by atoms with Gasteiger partial charge in [0.25, 0.3) is 0 Å². The second kappa shape index (κ2) is 6.73. The van der Waals surface area contributed by atoms with Crippen molar-refractivity contribution in [3.8, 4) is 5.75 Å². The van der Waals surface area contributed by atoms with E-state index in [2.05, 4.69) is 10.3 Å². The maximum absolute atomic E-state index is 11.9. The lowest BCUT2D eigenvalue weighted by atomic mass is 10.1. The fourth-order valence-electron chi connectivity index (χ4n) is 1.52. The number of anilines is 1. The number of benzene rings is 1. The SMILES string of the molecule is COc1ccc(C(=O)/C=C\Nc2ccc(Cl)cn2)cc1. The highest BCUT2D eigenvalue weighted by Gasteiger charge is 2.01. The molecule has 0 spiro atoms. The number of pyridine rings is 1. The summed E-state index contributed by atoms with van der Waals surface area (Å²) in [5, 5.41) is 3.46. The van der Waals surface area contributed by atoms with Crippen LogP contribution in [0, 0.1) is 0 Å². The Morgan fingerprint density at radius 3 is 2.60 bits per heavy atom. The summed E-state index contributed by atoms with van der Waals surface area (Å²) in [5.41, 5.74) is 0.591. The number of aromatic nitrogens is 1. The van der Waals surface area contributed by atoms with E-state index in [0.29, 0.717) is 22.2 Å². The summed E-state index contributed by atoms with van der Waals surface area (Å²) in [7, 11) is 1.58. The first kappa shape index (κ1) is 14.1. The number of ketones is 1. The molecule has 2 aromatic rings. The van der Waals surface area contributed by atoms with Crippen LogP contribution in [0.2, 0.25) is 5.02 Å². The van der Waals surface area contributed by atoms with Gasteiger partial charge in [0.2, 0.25) is 0 Å². The van der Waals surface area contributed by atoms with E-state index >= 15 is 0 Å². The number of halogens is 1. The molecule has 102 valence electrons. The number of nitrogens with zero attached hydrogens (tertiary/aromatic N) is 1. The molecule has 0 atom stereocenters. The second-order valence-electron chi connectivity index (χ2n) is 3.93. The Labute approximate surface area is 122 Å². The van der Waals surface area contributed by atoms with Crippen LogP contribution in [0.1, 0.15) is 10.4 Å². The van der Waals surface area contributed by atoms with Crippen LogP contribution in [-0.4, -0.2) is 17.9 Å². The summed E-state index contributed by atoms with van der Waals surface area (Å²) < 4.78 is 5.04. The number of ether oxygens (including phenoxy) is 1. The van der Waals surface area contributed by atoms with Gasteiger partial charge in [-0.05, 0) is 36.4 Å². The minimum Gasteiger partial charge on any atom is -0.497 e. The Bertz CT molecular complexity index is 607. The lowest BCUT2D eigenvalue weighted by Gasteiger charge is -2.01. The Balaban J connectivity index is 1.96. The van der Waals surface area contributed by atoms with Crippen molar-refractivity contribution in [1.82, 2.24) is 4.98 Å². The highest BCUT2D eigenvalue weighted by molar-refractivity contribution is 6.30. The van der Waals surface area contributed by atoms with Gasteiger partial charge in [-0.2, -0.15) is 0 Å². The predicted octanol–water partition coefficient (Wildman–Crippen LogP) is 3.55. The zero-order valence-electron chi connectivity index (χ0n) is 10.8. The van der Waals surface area contributed by atoms with Crippen molar-refractivity contribution < 1.29 is 9.53 Å². The molecule has 2 rings (SSSR count). The third-order valence-electron chi connectivity index (χ3n) is 2.57. The van der Waals surface area contributed by atoms with Gasteiger partial charge in [0.1, 0.15) is 11.6 Å². The second-order valence-corrected chi connectivity index (χ2v) is 4.37. The number of methoxy groups -OCH3 is 1. The molecule has 0 saturated heterocycles. The monoisotopic (exact) mass is 288 g/mol. The minimum atomic E-state index is -0.103.